The lowest BCUT2D eigenvalue weighted by atomic mass is 9.88. The van der Waals surface area contributed by atoms with Crippen LogP contribution in [0.5, 0.6) is 0 Å². The van der Waals surface area contributed by atoms with E-state index < -0.39 is 11.7 Å². The SMILES string of the molecule is FC(F)(F)c1cccc(C2CNNC2c2nnc(Cc3ccncc3)c3ccccc23)c1. The number of alkyl halides is 3. The molecule has 1 aliphatic rings. The summed E-state index contributed by atoms with van der Waals surface area (Å²) in [4.78, 5) is 4.05. The molecule has 1 aliphatic heterocycles. The molecular formula is C24H20F3N5. The summed E-state index contributed by atoms with van der Waals surface area (Å²) in [5, 5.41) is 11.0. The molecule has 5 rings (SSSR count). The topological polar surface area (TPSA) is 62.7 Å². The number of nitrogens with zero attached hydrogens (tertiary/aromatic N) is 3. The molecule has 0 bridgehead atoms. The molecular weight excluding hydrogens is 415 g/mol. The molecule has 4 aromatic rings. The Morgan fingerprint density at radius 2 is 1.69 bits per heavy atom. The molecule has 2 atom stereocenters. The van der Waals surface area contributed by atoms with Crippen LogP contribution in [0.25, 0.3) is 10.8 Å². The van der Waals surface area contributed by atoms with Gasteiger partial charge in [-0.1, -0.05) is 42.5 Å². The smallest absolute Gasteiger partial charge is 0.265 e. The van der Waals surface area contributed by atoms with Crippen molar-refractivity contribution in [2.24, 2.45) is 0 Å². The Kier molecular flexibility index (Phi) is 5.32. The van der Waals surface area contributed by atoms with Crippen LogP contribution >= 0.6 is 0 Å². The second-order valence-electron chi connectivity index (χ2n) is 7.84. The van der Waals surface area contributed by atoms with Crippen molar-refractivity contribution in [2.75, 3.05) is 6.54 Å². The van der Waals surface area contributed by atoms with E-state index in [1.165, 1.54) is 12.1 Å². The van der Waals surface area contributed by atoms with Crippen molar-refractivity contribution in [2.45, 2.75) is 24.6 Å². The van der Waals surface area contributed by atoms with Gasteiger partial charge in [-0.15, -0.1) is 0 Å². The summed E-state index contributed by atoms with van der Waals surface area (Å²) in [6.07, 6.45) is -0.282. The first-order valence-electron chi connectivity index (χ1n) is 10.3. The molecule has 32 heavy (non-hydrogen) atoms. The highest BCUT2D eigenvalue weighted by Crippen LogP contribution is 2.38. The van der Waals surface area contributed by atoms with Gasteiger partial charge >= 0.3 is 6.18 Å². The van der Waals surface area contributed by atoms with Crippen LogP contribution in [0.4, 0.5) is 13.2 Å². The minimum absolute atomic E-state index is 0.221. The number of pyridine rings is 1. The second kappa shape index (κ2) is 8.29. The summed E-state index contributed by atoms with van der Waals surface area (Å²) in [5.74, 6) is -0.221. The zero-order valence-corrected chi connectivity index (χ0v) is 17.0. The summed E-state index contributed by atoms with van der Waals surface area (Å²) >= 11 is 0. The minimum atomic E-state index is -4.38. The van der Waals surface area contributed by atoms with E-state index in [-0.39, 0.29) is 12.0 Å². The monoisotopic (exact) mass is 435 g/mol. The number of benzene rings is 2. The van der Waals surface area contributed by atoms with Gasteiger partial charge in [-0.3, -0.25) is 10.4 Å². The van der Waals surface area contributed by atoms with E-state index in [0.717, 1.165) is 28.1 Å². The number of nitrogens with one attached hydrogen (secondary N) is 2. The molecule has 0 amide bonds. The molecule has 2 aromatic carbocycles. The summed E-state index contributed by atoms with van der Waals surface area (Å²) < 4.78 is 39.7. The highest BCUT2D eigenvalue weighted by Gasteiger charge is 2.35. The third-order valence-electron chi connectivity index (χ3n) is 5.83. The molecule has 3 heterocycles. The second-order valence-corrected chi connectivity index (χ2v) is 7.84. The number of rotatable bonds is 4. The molecule has 0 aliphatic carbocycles. The lowest BCUT2D eigenvalue weighted by Gasteiger charge is -2.21. The van der Waals surface area contributed by atoms with Gasteiger partial charge in [0.15, 0.2) is 0 Å². The molecule has 0 radical (unpaired) electrons. The number of hydrazine groups is 1. The zero-order chi connectivity index (χ0) is 22.1. The van der Waals surface area contributed by atoms with Crippen LogP contribution in [-0.2, 0) is 12.6 Å². The summed E-state index contributed by atoms with van der Waals surface area (Å²) in [5.41, 5.74) is 8.88. The van der Waals surface area contributed by atoms with Crippen LogP contribution in [0.2, 0.25) is 0 Å². The van der Waals surface area contributed by atoms with Gasteiger partial charge in [0.05, 0.1) is 23.0 Å². The van der Waals surface area contributed by atoms with Crippen LogP contribution < -0.4 is 10.9 Å². The molecule has 2 aromatic heterocycles. The Morgan fingerprint density at radius 1 is 0.906 bits per heavy atom. The van der Waals surface area contributed by atoms with Gasteiger partial charge in [0.2, 0.25) is 0 Å². The van der Waals surface area contributed by atoms with Gasteiger partial charge in [0.25, 0.3) is 0 Å². The Bertz CT molecular complexity index is 1240. The number of halogens is 3. The fourth-order valence-electron chi connectivity index (χ4n) is 4.25. The lowest BCUT2D eigenvalue weighted by molar-refractivity contribution is -0.137. The molecule has 1 fully saturated rings. The van der Waals surface area contributed by atoms with E-state index in [2.05, 4.69) is 26.0 Å². The van der Waals surface area contributed by atoms with Crippen LogP contribution in [0.1, 0.15) is 40.0 Å². The van der Waals surface area contributed by atoms with Crippen LogP contribution in [0, 0.1) is 0 Å². The van der Waals surface area contributed by atoms with E-state index in [1.54, 1.807) is 18.5 Å². The standard InChI is InChI=1S/C24H20F3N5/c25-24(26,27)17-5-3-4-16(13-17)20-14-29-31-23(20)22-19-7-2-1-6-18(19)21(30-32-22)12-15-8-10-28-11-9-15/h1-11,13,20,23,29,31H,12,14H2. The van der Waals surface area contributed by atoms with Crippen LogP contribution in [0.3, 0.4) is 0 Å². The first kappa shape index (κ1) is 20.5. The predicted molar refractivity (Wildman–Crippen MR) is 115 cm³/mol. The van der Waals surface area contributed by atoms with Crippen molar-refractivity contribution in [3.63, 3.8) is 0 Å². The fourth-order valence-corrected chi connectivity index (χ4v) is 4.25. The number of fused-ring (bicyclic) bond motifs is 1. The van der Waals surface area contributed by atoms with Crippen LogP contribution in [-0.4, -0.2) is 21.7 Å². The van der Waals surface area contributed by atoms with E-state index in [9.17, 15) is 13.2 Å². The van der Waals surface area contributed by atoms with E-state index in [1.807, 2.05) is 36.4 Å². The third-order valence-corrected chi connectivity index (χ3v) is 5.83. The van der Waals surface area contributed by atoms with E-state index in [4.69, 9.17) is 0 Å². The normalized spacial score (nSPS) is 18.8. The average molecular weight is 435 g/mol. The van der Waals surface area contributed by atoms with Crippen molar-refractivity contribution in [3.05, 3.63) is 101 Å². The van der Waals surface area contributed by atoms with Gasteiger partial charge in [0, 0.05) is 42.0 Å². The maximum Gasteiger partial charge on any atom is 0.416 e. The van der Waals surface area contributed by atoms with Crippen molar-refractivity contribution in [1.82, 2.24) is 26.0 Å². The predicted octanol–water partition coefficient (Wildman–Crippen LogP) is 4.57. The Hall–Kier alpha value is -3.36. The van der Waals surface area contributed by atoms with Crippen molar-refractivity contribution in [1.29, 1.82) is 0 Å². The molecule has 0 spiro atoms. The molecule has 1 saturated heterocycles. The zero-order valence-electron chi connectivity index (χ0n) is 17.0. The maximum atomic E-state index is 13.2. The first-order valence-corrected chi connectivity index (χ1v) is 10.3. The Labute approximate surface area is 182 Å². The molecule has 162 valence electrons. The summed E-state index contributed by atoms with van der Waals surface area (Å²) in [6.45, 7) is 0.487. The molecule has 8 heteroatoms. The largest absolute Gasteiger partial charge is 0.416 e. The van der Waals surface area contributed by atoms with Crippen molar-refractivity contribution >= 4 is 10.8 Å². The molecule has 5 nitrogen and oxygen atoms in total. The quantitative estimate of drug-likeness (QED) is 0.492. The maximum absolute atomic E-state index is 13.2. The van der Waals surface area contributed by atoms with E-state index >= 15 is 0 Å². The minimum Gasteiger partial charge on any atom is -0.265 e. The van der Waals surface area contributed by atoms with Gasteiger partial charge < -0.3 is 0 Å². The summed E-state index contributed by atoms with van der Waals surface area (Å²) in [7, 11) is 0. The lowest BCUT2D eigenvalue weighted by Crippen LogP contribution is -2.26. The average Bonchev–Trinajstić information content (AvgIpc) is 3.29. The molecule has 0 saturated carbocycles. The molecule has 2 N–H and O–H groups in total. The first-order chi connectivity index (χ1) is 15.5. The van der Waals surface area contributed by atoms with Gasteiger partial charge in [-0.2, -0.15) is 23.4 Å². The van der Waals surface area contributed by atoms with Gasteiger partial charge in [0.1, 0.15) is 0 Å². The number of aromatic nitrogens is 3. The Morgan fingerprint density at radius 3 is 2.47 bits per heavy atom. The van der Waals surface area contributed by atoms with Crippen molar-refractivity contribution < 1.29 is 13.2 Å². The van der Waals surface area contributed by atoms with Crippen molar-refractivity contribution in [3.8, 4) is 0 Å². The highest BCUT2D eigenvalue weighted by molar-refractivity contribution is 5.87. The number of hydrogen-bond acceptors (Lipinski definition) is 5. The van der Waals surface area contributed by atoms with E-state index in [0.29, 0.717) is 24.2 Å². The van der Waals surface area contributed by atoms with Gasteiger partial charge in [-0.25, -0.2) is 5.43 Å². The Balaban J connectivity index is 1.54. The molecule has 2 unspecified atom stereocenters. The summed E-state index contributed by atoms with van der Waals surface area (Å²) in [6, 6.07) is 16.9. The fraction of sp³-hybridized carbons (Fsp3) is 0.208. The number of hydrogen-bond donors (Lipinski definition) is 2. The van der Waals surface area contributed by atoms with Gasteiger partial charge in [-0.05, 0) is 29.3 Å². The van der Waals surface area contributed by atoms with Crippen LogP contribution in [0.15, 0.2) is 73.1 Å². The third kappa shape index (κ3) is 3.94. The highest BCUT2D eigenvalue weighted by atomic mass is 19.4.